The Morgan fingerprint density at radius 1 is 0.345 bits per heavy atom. The van der Waals surface area contributed by atoms with Crippen LogP contribution in [0.5, 0.6) is 0 Å². The molecule has 0 aromatic rings. The predicted molar refractivity (Wildman–Crippen MR) is 370 cm³/mol. The summed E-state index contributed by atoms with van der Waals surface area (Å²) in [5.74, 6) is -2.33. The third kappa shape index (κ3) is 68.0. The number of nitrogens with zero attached hydrogens (tertiary/aromatic N) is 1. The fourth-order valence-corrected chi connectivity index (χ4v) is 8.79. The number of unbranched alkanes of at least 4 members (excludes halogenated alkanes) is 18. The average molecular weight is 1200 g/mol. The van der Waals surface area contributed by atoms with E-state index in [-0.39, 0.29) is 38.6 Å². The molecule has 0 aliphatic heterocycles. The maximum absolute atomic E-state index is 12.9. The van der Waals surface area contributed by atoms with E-state index in [4.69, 9.17) is 18.9 Å². The summed E-state index contributed by atoms with van der Waals surface area (Å²) in [7, 11) is 5.91. The van der Waals surface area contributed by atoms with Gasteiger partial charge in [0.1, 0.15) is 13.2 Å². The molecule has 9 nitrogen and oxygen atoms in total. The average Bonchev–Trinajstić information content (AvgIpc) is 3.59. The van der Waals surface area contributed by atoms with Crippen molar-refractivity contribution in [2.45, 2.75) is 257 Å². The Kier molecular flexibility index (Phi) is 62.5. The van der Waals surface area contributed by atoms with Crippen LogP contribution in [-0.2, 0) is 33.3 Å². The monoisotopic (exact) mass is 1200 g/mol. The maximum atomic E-state index is 12.9. The van der Waals surface area contributed by atoms with Crippen LogP contribution in [0.1, 0.15) is 245 Å². The molecule has 0 saturated heterocycles. The minimum atomic E-state index is -1.64. The van der Waals surface area contributed by atoms with Crippen molar-refractivity contribution in [1.29, 1.82) is 0 Å². The number of likely N-dealkylation sites (N-methyl/N-ethyl adjacent to an activating group) is 1. The van der Waals surface area contributed by atoms with E-state index in [9.17, 15) is 19.5 Å². The Morgan fingerprint density at radius 3 is 0.920 bits per heavy atom. The second-order valence-electron chi connectivity index (χ2n) is 23.3. The quantitative estimate of drug-likeness (QED) is 0.0195. The highest BCUT2D eigenvalue weighted by Gasteiger charge is 2.22. The second kappa shape index (κ2) is 66.6. The Labute approximate surface area is 533 Å². The molecule has 9 heteroatoms. The molecule has 0 amide bonds. The molecule has 2 atom stereocenters. The molecule has 0 saturated carbocycles. The van der Waals surface area contributed by atoms with E-state index in [0.29, 0.717) is 17.4 Å². The van der Waals surface area contributed by atoms with Gasteiger partial charge < -0.3 is 33.3 Å². The first kappa shape index (κ1) is 81.7. The van der Waals surface area contributed by atoms with Gasteiger partial charge in [-0.1, -0.05) is 274 Å². The molecule has 0 aromatic carbocycles. The molecule has 0 fully saturated rings. The SMILES string of the molecule is CC/C=C\C/C=C\C/C=C\C/C=C\C/C=C\C/C=C\C/C=C\C/C=C\C/C=C\CCCCCCCC(=O)OC(COC(=O)CCCCCCCCCCCCCCC/C=C\C/C=C\C/C=C\C/C=C\C/C=C\CC)COC(OCC[N+](C)(C)C)C(=O)[O-]. The van der Waals surface area contributed by atoms with Crippen LogP contribution < -0.4 is 5.11 Å². The van der Waals surface area contributed by atoms with Crippen LogP contribution in [-0.4, -0.2) is 82.3 Å². The zero-order valence-corrected chi connectivity index (χ0v) is 55.8. The predicted octanol–water partition coefficient (Wildman–Crippen LogP) is 20.1. The van der Waals surface area contributed by atoms with Gasteiger partial charge in [0.05, 0.1) is 40.3 Å². The van der Waals surface area contributed by atoms with Crippen LogP contribution in [0.25, 0.3) is 0 Å². The largest absolute Gasteiger partial charge is 0.545 e. The van der Waals surface area contributed by atoms with Crippen molar-refractivity contribution in [3.8, 4) is 0 Å². The number of ether oxygens (including phenoxy) is 4. The number of allylic oxidation sites excluding steroid dienone is 28. The molecule has 2 unspecified atom stereocenters. The first-order valence-corrected chi connectivity index (χ1v) is 34.3. The molecular weight excluding hydrogens is 1080 g/mol. The van der Waals surface area contributed by atoms with Gasteiger partial charge in [0.15, 0.2) is 12.4 Å². The fourth-order valence-electron chi connectivity index (χ4n) is 8.79. The summed E-state index contributed by atoms with van der Waals surface area (Å²) < 4.78 is 22.8. The summed E-state index contributed by atoms with van der Waals surface area (Å²) in [6.45, 7) is 4.48. The van der Waals surface area contributed by atoms with Gasteiger partial charge in [-0.3, -0.25) is 9.59 Å². The van der Waals surface area contributed by atoms with Gasteiger partial charge in [0.2, 0.25) is 0 Å². The zero-order chi connectivity index (χ0) is 63.3. The van der Waals surface area contributed by atoms with Gasteiger partial charge in [0, 0.05) is 12.8 Å². The van der Waals surface area contributed by atoms with Gasteiger partial charge in [0.25, 0.3) is 0 Å². The van der Waals surface area contributed by atoms with Gasteiger partial charge in [-0.25, -0.2) is 0 Å². The van der Waals surface area contributed by atoms with Gasteiger partial charge in [-0.2, -0.15) is 0 Å². The lowest BCUT2D eigenvalue weighted by atomic mass is 10.0. The highest BCUT2D eigenvalue weighted by molar-refractivity contribution is 5.70. The molecule has 0 rings (SSSR count). The molecule has 0 heterocycles. The molecule has 0 spiro atoms. The van der Waals surface area contributed by atoms with E-state index in [0.717, 1.165) is 141 Å². The number of carbonyl (C=O) groups is 3. The lowest BCUT2D eigenvalue weighted by Crippen LogP contribution is -2.44. The van der Waals surface area contributed by atoms with E-state index < -0.39 is 24.3 Å². The molecular formula is C78H125NO8. The van der Waals surface area contributed by atoms with E-state index in [2.05, 4.69) is 184 Å². The van der Waals surface area contributed by atoms with Gasteiger partial charge in [-0.15, -0.1) is 0 Å². The normalized spacial score (nSPS) is 13.8. The number of aliphatic carboxylic acids is 1. The Hall–Kier alpha value is -5.35. The number of carboxylic acid groups (broad SMARTS) is 1. The topological polar surface area (TPSA) is 111 Å². The van der Waals surface area contributed by atoms with Crippen molar-refractivity contribution < 1.29 is 42.9 Å². The van der Waals surface area contributed by atoms with Crippen LogP contribution in [0.2, 0.25) is 0 Å². The minimum absolute atomic E-state index is 0.134. The van der Waals surface area contributed by atoms with Crippen molar-refractivity contribution in [2.24, 2.45) is 0 Å². The van der Waals surface area contributed by atoms with Crippen molar-refractivity contribution in [3.05, 3.63) is 170 Å². The van der Waals surface area contributed by atoms with Crippen molar-refractivity contribution in [1.82, 2.24) is 0 Å². The maximum Gasteiger partial charge on any atom is 0.306 e. The smallest absolute Gasteiger partial charge is 0.306 e. The van der Waals surface area contributed by atoms with Crippen LogP contribution in [0, 0.1) is 0 Å². The second-order valence-corrected chi connectivity index (χ2v) is 23.3. The molecule has 0 aromatic heterocycles. The Bertz CT molecular complexity index is 2030. The number of carboxylic acids is 1. The summed E-state index contributed by atoms with van der Waals surface area (Å²) in [6, 6.07) is 0. The number of hydrogen-bond acceptors (Lipinski definition) is 8. The van der Waals surface area contributed by atoms with Gasteiger partial charge >= 0.3 is 11.9 Å². The highest BCUT2D eigenvalue weighted by atomic mass is 16.7. The molecule has 87 heavy (non-hydrogen) atoms. The van der Waals surface area contributed by atoms with Crippen LogP contribution in [0.15, 0.2) is 170 Å². The molecule has 0 aliphatic carbocycles. The zero-order valence-electron chi connectivity index (χ0n) is 55.8. The van der Waals surface area contributed by atoms with Crippen molar-refractivity contribution in [2.75, 3.05) is 47.5 Å². The number of rotatable bonds is 61. The third-order valence-corrected chi connectivity index (χ3v) is 14.0. The Balaban J connectivity index is 4.25. The molecule has 0 aliphatic rings. The number of hydrogen-bond donors (Lipinski definition) is 0. The minimum Gasteiger partial charge on any atom is -0.545 e. The van der Waals surface area contributed by atoms with Gasteiger partial charge in [-0.05, 0) is 128 Å². The van der Waals surface area contributed by atoms with Crippen molar-refractivity contribution in [3.63, 3.8) is 0 Å². The lowest BCUT2D eigenvalue weighted by molar-refractivity contribution is -0.870. The number of esters is 2. The van der Waals surface area contributed by atoms with E-state index >= 15 is 0 Å². The van der Waals surface area contributed by atoms with Crippen LogP contribution >= 0.6 is 0 Å². The van der Waals surface area contributed by atoms with E-state index in [1.54, 1.807) is 0 Å². The summed E-state index contributed by atoms with van der Waals surface area (Å²) >= 11 is 0. The first-order chi connectivity index (χ1) is 42.6. The third-order valence-electron chi connectivity index (χ3n) is 14.0. The molecule has 0 bridgehead atoms. The number of carbonyl (C=O) groups excluding carboxylic acids is 3. The first-order valence-electron chi connectivity index (χ1n) is 34.3. The van der Waals surface area contributed by atoms with Crippen LogP contribution in [0.3, 0.4) is 0 Å². The van der Waals surface area contributed by atoms with E-state index in [1.165, 1.54) is 70.6 Å². The van der Waals surface area contributed by atoms with Crippen LogP contribution in [0.4, 0.5) is 0 Å². The standard InChI is InChI=1S/C78H125NO8/c1-6-8-10-12-14-16-18-20-22-24-26-28-30-32-34-36-37-38-39-41-43-45-47-49-51-53-55-57-59-61-63-65-67-69-76(81)87-74(73-86-78(77(82)83)84-71-70-79(3,4)5)72-85-75(80)68-66-64-62-60-58-56-54-52-50-48-46-44-42-40-35-33-31-29-27-25-23-21-19-17-15-13-11-9-7-2/h8-11,14-17,20-23,26-29,32-35,37-38,41,43,47,49,53,55,74,78H,6-7,12-13,18-19,24-25,30-31,36,39-40,42,44-46,48,50-52,54,56-73H2,1-5H3/b10-8-,11-9-,16-14-,17-15-,22-20-,23-21-,28-26-,29-27-,34-32-,35-33-,38-37-,43-41-,49-47-,55-53-. The van der Waals surface area contributed by atoms with Crippen molar-refractivity contribution >= 4 is 17.9 Å². The summed E-state index contributed by atoms with van der Waals surface area (Å²) in [5.41, 5.74) is 0. The van der Waals surface area contributed by atoms with E-state index in [1.807, 2.05) is 21.1 Å². The molecule has 0 radical (unpaired) electrons. The summed E-state index contributed by atoms with van der Waals surface area (Å²) in [4.78, 5) is 37.5. The summed E-state index contributed by atoms with van der Waals surface area (Å²) in [5, 5.41) is 11.8. The Morgan fingerprint density at radius 2 is 0.621 bits per heavy atom. The fraction of sp³-hybridized carbons (Fsp3) is 0.603. The highest BCUT2D eigenvalue weighted by Crippen LogP contribution is 2.15. The summed E-state index contributed by atoms with van der Waals surface area (Å²) in [6.07, 6.45) is 97.0. The molecule has 490 valence electrons. The number of quaternary nitrogens is 1. The lowest BCUT2D eigenvalue weighted by Gasteiger charge is -2.26. The molecule has 0 N–H and O–H groups in total.